The third kappa shape index (κ3) is 8.18. The van der Waals surface area contributed by atoms with Crippen LogP contribution in [0, 0.1) is 6.92 Å². The number of hydrogen-bond donors (Lipinski definition) is 1. The normalized spacial score (nSPS) is 12.7. The number of nitrogens with zero attached hydrogens (tertiary/aromatic N) is 2. The number of benzene rings is 3. The molecule has 3 aromatic carbocycles. The van der Waals surface area contributed by atoms with Crippen LogP contribution >= 0.6 is 23.2 Å². The van der Waals surface area contributed by atoms with Crippen LogP contribution in [0.1, 0.15) is 45.2 Å². The monoisotopic (exact) mass is 633 g/mol. The second-order valence-electron chi connectivity index (χ2n) is 9.97. The summed E-state index contributed by atoms with van der Waals surface area (Å²) < 4.78 is 34.5. The third-order valence-electron chi connectivity index (χ3n) is 6.88. The first-order chi connectivity index (χ1) is 19.9. The Morgan fingerprint density at radius 3 is 2.07 bits per heavy atom. The topological polar surface area (TPSA) is 96.0 Å². The van der Waals surface area contributed by atoms with Gasteiger partial charge in [-0.05, 0) is 82.6 Å². The standard InChI is InChI=1S/C31H37Cl2N3O5S/c1-6-22(4)34-31(38)23(5)35(19-27-28(32)9-8-10-29(27)33)30(37)20-36(24-13-11-21(3)12-14-24)42(39,40)26-17-15-25(16-18-26)41-7-2/h8-18,22-23H,6-7,19-20H2,1-5H3,(H,34,38)/t22-,23+/m1/s1. The zero-order valence-electron chi connectivity index (χ0n) is 24.4. The van der Waals surface area contributed by atoms with Gasteiger partial charge in [-0.15, -0.1) is 0 Å². The summed E-state index contributed by atoms with van der Waals surface area (Å²) in [4.78, 5) is 28.6. The average Bonchev–Trinajstić information content (AvgIpc) is 2.96. The van der Waals surface area contributed by atoms with Crippen LogP contribution in [-0.2, 0) is 26.2 Å². The molecule has 226 valence electrons. The van der Waals surface area contributed by atoms with Crippen LogP contribution in [0.15, 0.2) is 71.6 Å². The fraction of sp³-hybridized carbons (Fsp3) is 0.355. The molecule has 0 saturated carbocycles. The largest absolute Gasteiger partial charge is 0.494 e. The Hall–Kier alpha value is -3.27. The molecule has 1 N–H and O–H groups in total. The van der Waals surface area contributed by atoms with E-state index in [-0.39, 0.29) is 23.4 Å². The second-order valence-corrected chi connectivity index (χ2v) is 12.6. The van der Waals surface area contributed by atoms with Crippen LogP contribution in [0.25, 0.3) is 0 Å². The van der Waals surface area contributed by atoms with Gasteiger partial charge in [0.2, 0.25) is 11.8 Å². The lowest BCUT2D eigenvalue weighted by atomic mass is 10.1. The first-order valence-corrected chi connectivity index (χ1v) is 15.9. The molecule has 3 rings (SSSR count). The first kappa shape index (κ1) is 33.2. The van der Waals surface area contributed by atoms with E-state index in [9.17, 15) is 18.0 Å². The van der Waals surface area contributed by atoms with Gasteiger partial charge in [0.25, 0.3) is 10.0 Å². The minimum atomic E-state index is -4.21. The van der Waals surface area contributed by atoms with Gasteiger partial charge in [-0.25, -0.2) is 8.42 Å². The SMILES string of the molecule is CCOc1ccc(S(=O)(=O)N(CC(=O)N(Cc2c(Cl)cccc2Cl)[C@@H](C)C(=O)N[C@H](C)CC)c2ccc(C)cc2)cc1. The van der Waals surface area contributed by atoms with Gasteiger partial charge < -0.3 is 15.0 Å². The van der Waals surface area contributed by atoms with E-state index in [2.05, 4.69) is 5.32 Å². The number of carbonyl (C=O) groups excluding carboxylic acids is 2. The highest BCUT2D eigenvalue weighted by atomic mass is 35.5. The summed E-state index contributed by atoms with van der Waals surface area (Å²) in [6.45, 7) is 8.88. The molecule has 42 heavy (non-hydrogen) atoms. The Labute approximate surface area is 258 Å². The predicted octanol–water partition coefficient (Wildman–Crippen LogP) is 6.23. The summed E-state index contributed by atoms with van der Waals surface area (Å²) in [5.41, 5.74) is 1.68. The van der Waals surface area contributed by atoms with Crippen molar-refractivity contribution in [3.8, 4) is 5.75 Å². The Morgan fingerprint density at radius 2 is 1.52 bits per heavy atom. The number of rotatable bonds is 13. The van der Waals surface area contributed by atoms with Crippen molar-refractivity contribution >= 4 is 50.7 Å². The lowest BCUT2D eigenvalue weighted by Gasteiger charge is -2.33. The molecule has 3 aromatic rings. The van der Waals surface area contributed by atoms with E-state index in [1.54, 1.807) is 61.5 Å². The van der Waals surface area contributed by atoms with E-state index in [1.165, 1.54) is 17.0 Å². The fourth-order valence-corrected chi connectivity index (χ4v) is 6.07. The van der Waals surface area contributed by atoms with Gasteiger partial charge in [0, 0.05) is 28.2 Å². The molecule has 0 unspecified atom stereocenters. The highest BCUT2D eigenvalue weighted by Gasteiger charge is 2.33. The van der Waals surface area contributed by atoms with Crippen molar-refractivity contribution in [1.82, 2.24) is 10.2 Å². The summed E-state index contributed by atoms with van der Waals surface area (Å²) >= 11 is 12.9. The van der Waals surface area contributed by atoms with E-state index in [0.717, 1.165) is 9.87 Å². The second kappa shape index (κ2) is 14.8. The van der Waals surface area contributed by atoms with Crippen LogP contribution < -0.4 is 14.4 Å². The van der Waals surface area contributed by atoms with Gasteiger partial charge in [-0.1, -0.05) is 53.9 Å². The summed E-state index contributed by atoms with van der Waals surface area (Å²) in [6.07, 6.45) is 0.699. The molecule has 2 atom stereocenters. The Balaban J connectivity index is 2.05. The van der Waals surface area contributed by atoms with Crippen LogP contribution in [-0.4, -0.2) is 50.4 Å². The van der Waals surface area contributed by atoms with Gasteiger partial charge in [0.15, 0.2) is 0 Å². The zero-order chi connectivity index (χ0) is 31.0. The lowest BCUT2D eigenvalue weighted by molar-refractivity contribution is -0.139. The van der Waals surface area contributed by atoms with Crippen molar-refractivity contribution in [2.45, 2.75) is 64.6 Å². The van der Waals surface area contributed by atoms with Gasteiger partial charge in [0.1, 0.15) is 18.3 Å². The molecule has 0 aliphatic rings. The molecule has 0 spiro atoms. The molecular weight excluding hydrogens is 597 g/mol. The third-order valence-corrected chi connectivity index (χ3v) is 9.38. The van der Waals surface area contributed by atoms with Crippen molar-refractivity contribution in [2.75, 3.05) is 17.5 Å². The van der Waals surface area contributed by atoms with Crippen LogP contribution in [0.5, 0.6) is 5.75 Å². The predicted molar refractivity (Wildman–Crippen MR) is 168 cm³/mol. The maximum Gasteiger partial charge on any atom is 0.264 e. The van der Waals surface area contributed by atoms with Crippen molar-refractivity contribution in [2.24, 2.45) is 0 Å². The fourth-order valence-electron chi connectivity index (χ4n) is 4.14. The molecule has 0 aliphatic carbocycles. The van der Waals surface area contributed by atoms with Crippen molar-refractivity contribution in [1.29, 1.82) is 0 Å². The van der Waals surface area contributed by atoms with E-state index >= 15 is 0 Å². The Morgan fingerprint density at radius 1 is 0.929 bits per heavy atom. The summed E-state index contributed by atoms with van der Waals surface area (Å²) in [5.74, 6) is -0.455. The van der Waals surface area contributed by atoms with Gasteiger partial charge in [-0.2, -0.15) is 0 Å². The minimum absolute atomic E-state index is 0.0115. The number of anilines is 1. The van der Waals surface area contributed by atoms with Gasteiger partial charge in [0.05, 0.1) is 17.2 Å². The van der Waals surface area contributed by atoms with Gasteiger partial charge in [-0.3, -0.25) is 13.9 Å². The van der Waals surface area contributed by atoms with E-state index < -0.39 is 28.5 Å². The van der Waals surface area contributed by atoms with Crippen LogP contribution in [0.2, 0.25) is 10.0 Å². The van der Waals surface area contributed by atoms with Crippen LogP contribution in [0.3, 0.4) is 0 Å². The maximum absolute atomic E-state index is 14.1. The number of aryl methyl sites for hydroxylation is 1. The molecule has 8 nitrogen and oxygen atoms in total. The summed E-state index contributed by atoms with van der Waals surface area (Å²) in [7, 11) is -4.21. The smallest absolute Gasteiger partial charge is 0.264 e. The highest BCUT2D eigenvalue weighted by molar-refractivity contribution is 7.92. The molecule has 0 radical (unpaired) electrons. The number of amides is 2. The number of sulfonamides is 1. The minimum Gasteiger partial charge on any atom is -0.494 e. The number of hydrogen-bond acceptors (Lipinski definition) is 5. The molecule has 0 saturated heterocycles. The number of nitrogens with one attached hydrogen (secondary N) is 1. The van der Waals surface area contributed by atoms with Crippen molar-refractivity contribution in [3.05, 3.63) is 87.9 Å². The molecule has 0 fully saturated rings. The summed E-state index contributed by atoms with van der Waals surface area (Å²) in [5, 5.41) is 3.55. The quantitative estimate of drug-likeness (QED) is 0.241. The molecule has 0 aromatic heterocycles. The highest BCUT2D eigenvalue weighted by Crippen LogP contribution is 2.29. The molecule has 0 aliphatic heterocycles. The number of halogens is 2. The average molecular weight is 635 g/mol. The zero-order valence-corrected chi connectivity index (χ0v) is 26.8. The van der Waals surface area contributed by atoms with E-state index in [4.69, 9.17) is 27.9 Å². The molecule has 0 bridgehead atoms. The molecule has 2 amide bonds. The van der Waals surface area contributed by atoms with E-state index in [1.807, 2.05) is 27.7 Å². The van der Waals surface area contributed by atoms with Crippen molar-refractivity contribution in [3.63, 3.8) is 0 Å². The molecule has 11 heteroatoms. The number of carbonyl (C=O) groups is 2. The van der Waals surface area contributed by atoms with Gasteiger partial charge >= 0.3 is 0 Å². The Bertz CT molecular complexity index is 1460. The number of ether oxygens (including phenoxy) is 1. The molecular formula is C31H37Cl2N3O5S. The van der Waals surface area contributed by atoms with E-state index in [0.29, 0.717) is 40.1 Å². The maximum atomic E-state index is 14.1. The summed E-state index contributed by atoms with van der Waals surface area (Å²) in [6, 6.07) is 16.7. The lowest BCUT2D eigenvalue weighted by Crippen LogP contribution is -2.52. The van der Waals surface area contributed by atoms with Crippen LogP contribution in [0.4, 0.5) is 5.69 Å². The van der Waals surface area contributed by atoms with Crippen molar-refractivity contribution < 1.29 is 22.7 Å². The first-order valence-electron chi connectivity index (χ1n) is 13.7. The Kier molecular flexibility index (Phi) is 11.7. The molecule has 0 heterocycles.